The maximum Gasteiger partial charge on any atom is 0.117 e. The Morgan fingerprint density at radius 2 is 1.52 bits per heavy atom. The lowest BCUT2D eigenvalue weighted by Gasteiger charge is -2.16. The second kappa shape index (κ2) is 10.6. The van der Waals surface area contributed by atoms with Gasteiger partial charge in [0, 0.05) is 12.5 Å². The van der Waals surface area contributed by atoms with E-state index >= 15 is 0 Å². The molecule has 0 N–H and O–H groups in total. The third-order valence-corrected chi connectivity index (χ3v) is 5.93. The summed E-state index contributed by atoms with van der Waals surface area (Å²) in [6, 6.07) is 17.8. The third kappa shape index (κ3) is 5.72. The lowest BCUT2D eigenvalue weighted by atomic mass is 9.96. The lowest BCUT2D eigenvalue weighted by molar-refractivity contribution is 0.548. The van der Waals surface area contributed by atoms with Crippen LogP contribution >= 0.6 is 0 Å². The summed E-state index contributed by atoms with van der Waals surface area (Å²) in [6.07, 6.45) is 9.08. The Morgan fingerprint density at radius 3 is 2.24 bits per heavy atom. The predicted octanol–water partition coefficient (Wildman–Crippen LogP) is 7.75. The van der Waals surface area contributed by atoms with E-state index in [1.165, 1.54) is 61.0 Å². The van der Waals surface area contributed by atoms with E-state index in [0.717, 1.165) is 18.5 Å². The third-order valence-electron chi connectivity index (χ3n) is 5.93. The Labute approximate surface area is 177 Å². The van der Waals surface area contributed by atoms with Crippen LogP contribution in [-0.2, 0) is 13.0 Å². The quantitative estimate of drug-likeness (QED) is 0.306. The number of rotatable bonds is 11. The van der Waals surface area contributed by atoms with Crippen LogP contribution in [-0.4, -0.2) is 9.55 Å². The molecule has 0 amide bonds. The minimum absolute atomic E-state index is 0.301. The summed E-state index contributed by atoms with van der Waals surface area (Å²) in [4.78, 5) is 5.05. The monoisotopic (exact) mass is 390 g/mol. The van der Waals surface area contributed by atoms with E-state index < -0.39 is 0 Å². The summed E-state index contributed by atoms with van der Waals surface area (Å²) in [6.45, 7) is 10.2. The van der Waals surface area contributed by atoms with Gasteiger partial charge in [0.15, 0.2) is 0 Å². The first-order valence-electron chi connectivity index (χ1n) is 11.6. The van der Waals surface area contributed by atoms with Gasteiger partial charge < -0.3 is 4.57 Å². The molecular formula is C27H38N2. The van der Waals surface area contributed by atoms with Crippen LogP contribution < -0.4 is 0 Å². The number of aryl methyl sites for hydroxylation is 1. The first-order chi connectivity index (χ1) is 14.1. The molecule has 2 heteroatoms. The maximum absolute atomic E-state index is 5.05. The number of fused-ring (bicyclic) bond motifs is 1. The van der Waals surface area contributed by atoms with Crippen molar-refractivity contribution in [3.8, 4) is 0 Å². The molecule has 1 atom stereocenters. The number of benzene rings is 2. The molecule has 3 rings (SSSR count). The minimum Gasteiger partial charge on any atom is -0.327 e. The van der Waals surface area contributed by atoms with Crippen molar-refractivity contribution in [1.29, 1.82) is 0 Å². The zero-order chi connectivity index (χ0) is 20.6. The molecule has 0 radical (unpaired) electrons. The molecule has 1 unspecified atom stereocenters. The molecule has 1 aromatic heterocycles. The molecule has 0 aliphatic carbocycles. The first kappa shape index (κ1) is 21.6. The van der Waals surface area contributed by atoms with Crippen LogP contribution in [0.25, 0.3) is 11.0 Å². The van der Waals surface area contributed by atoms with Crippen LogP contribution in [0.5, 0.6) is 0 Å². The second-order valence-corrected chi connectivity index (χ2v) is 8.94. The molecule has 0 saturated carbocycles. The molecule has 0 saturated heterocycles. The predicted molar refractivity (Wildman–Crippen MR) is 126 cm³/mol. The summed E-state index contributed by atoms with van der Waals surface area (Å²) in [5.41, 5.74) is 5.18. The van der Waals surface area contributed by atoms with Gasteiger partial charge in [-0.05, 0) is 42.0 Å². The van der Waals surface area contributed by atoms with Crippen molar-refractivity contribution in [2.45, 2.75) is 85.1 Å². The lowest BCUT2D eigenvalue weighted by Crippen LogP contribution is -2.09. The fraction of sp³-hybridized carbons (Fsp3) is 0.519. The van der Waals surface area contributed by atoms with E-state index in [2.05, 4.69) is 80.8 Å². The summed E-state index contributed by atoms with van der Waals surface area (Å²) in [5.74, 6) is 2.20. The topological polar surface area (TPSA) is 17.8 Å². The fourth-order valence-corrected chi connectivity index (χ4v) is 4.27. The van der Waals surface area contributed by atoms with Crippen molar-refractivity contribution in [3.05, 3.63) is 65.5 Å². The summed E-state index contributed by atoms with van der Waals surface area (Å²) in [7, 11) is 0. The molecule has 0 spiro atoms. The van der Waals surface area contributed by atoms with E-state index in [1.807, 2.05) is 0 Å². The van der Waals surface area contributed by atoms with Gasteiger partial charge in [-0.15, -0.1) is 0 Å². The highest BCUT2D eigenvalue weighted by atomic mass is 15.1. The molecule has 0 fully saturated rings. The van der Waals surface area contributed by atoms with Crippen LogP contribution in [0, 0.1) is 5.92 Å². The Kier molecular flexibility index (Phi) is 7.91. The molecule has 0 aliphatic heterocycles. The number of para-hydroxylation sites is 2. The van der Waals surface area contributed by atoms with E-state index in [-0.39, 0.29) is 0 Å². The van der Waals surface area contributed by atoms with E-state index in [1.54, 1.807) is 0 Å². The highest BCUT2D eigenvalue weighted by molar-refractivity contribution is 5.76. The van der Waals surface area contributed by atoms with Gasteiger partial charge in [0.25, 0.3) is 0 Å². The molecule has 29 heavy (non-hydrogen) atoms. The molecule has 0 aliphatic rings. The van der Waals surface area contributed by atoms with Crippen LogP contribution in [0.1, 0.15) is 89.1 Å². The Balaban J connectivity index is 1.78. The number of imidazole rings is 1. The van der Waals surface area contributed by atoms with Crippen molar-refractivity contribution in [3.63, 3.8) is 0 Å². The largest absolute Gasteiger partial charge is 0.327 e. The Hall–Kier alpha value is -2.09. The van der Waals surface area contributed by atoms with Crippen molar-refractivity contribution >= 4 is 11.0 Å². The van der Waals surface area contributed by atoms with Crippen molar-refractivity contribution in [1.82, 2.24) is 9.55 Å². The Bertz CT molecular complexity index is 873. The van der Waals surface area contributed by atoms with Crippen LogP contribution in [0.15, 0.2) is 48.5 Å². The van der Waals surface area contributed by atoms with E-state index in [0.29, 0.717) is 11.8 Å². The molecule has 2 nitrogen and oxygen atoms in total. The van der Waals surface area contributed by atoms with Crippen molar-refractivity contribution in [2.75, 3.05) is 0 Å². The number of nitrogens with zero attached hydrogens (tertiary/aromatic N) is 2. The molecule has 3 aromatic rings. The number of aromatic nitrogens is 2. The van der Waals surface area contributed by atoms with Crippen LogP contribution in [0.2, 0.25) is 0 Å². The van der Waals surface area contributed by atoms with Gasteiger partial charge in [0.05, 0.1) is 11.0 Å². The smallest absolute Gasteiger partial charge is 0.117 e. The Morgan fingerprint density at radius 1 is 0.828 bits per heavy atom. The van der Waals surface area contributed by atoms with Crippen molar-refractivity contribution in [2.24, 2.45) is 5.92 Å². The molecule has 156 valence electrons. The summed E-state index contributed by atoms with van der Waals surface area (Å²) in [5, 5.41) is 0. The van der Waals surface area contributed by atoms with E-state index in [9.17, 15) is 0 Å². The average Bonchev–Trinajstić information content (AvgIpc) is 3.09. The van der Waals surface area contributed by atoms with Crippen LogP contribution in [0.4, 0.5) is 0 Å². The van der Waals surface area contributed by atoms with Crippen molar-refractivity contribution < 1.29 is 0 Å². The second-order valence-electron chi connectivity index (χ2n) is 8.94. The van der Waals surface area contributed by atoms with Gasteiger partial charge >= 0.3 is 0 Å². The van der Waals surface area contributed by atoms with E-state index in [4.69, 9.17) is 4.98 Å². The van der Waals surface area contributed by atoms with Gasteiger partial charge in [-0.3, -0.25) is 0 Å². The average molecular weight is 391 g/mol. The maximum atomic E-state index is 5.05. The fourth-order valence-electron chi connectivity index (χ4n) is 4.27. The highest BCUT2D eigenvalue weighted by Crippen LogP contribution is 2.28. The zero-order valence-electron chi connectivity index (χ0n) is 18.8. The van der Waals surface area contributed by atoms with Gasteiger partial charge in [-0.1, -0.05) is 96.2 Å². The van der Waals surface area contributed by atoms with Gasteiger partial charge in [-0.2, -0.15) is 0 Å². The van der Waals surface area contributed by atoms with Gasteiger partial charge in [0.1, 0.15) is 5.82 Å². The molecule has 1 heterocycles. The molecular weight excluding hydrogens is 352 g/mol. The molecule has 0 bridgehead atoms. The van der Waals surface area contributed by atoms with Gasteiger partial charge in [0.2, 0.25) is 0 Å². The number of unbranched alkanes of at least 4 members (excludes halogenated alkanes) is 5. The van der Waals surface area contributed by atoms with Gasteiger partial charge in [-0.25, -0.2) is 4.98 Å². The first-order valence-corrected chi connectivity index (χ1v) is 11.6. The highest BCUT2D eigenvalue weighted by Gasteiger charge is 2.18. The summed E-state index contributed by atoms with van der Waals surface area (Å²) < 4.78 is 2.47. The number of hydrogen-bond acceptors (Lipinski definition) is 1. The minimum atomic E-state index is 0.301. The van der Waals surface area contributed by atoms with Crippen LogP contribution in [0.3, 0.4) is 0 Å². The molecule has 2 aromatic carbocycles. The SMILES string of the molecule is CCCCCCCCn1c(C(C)c2ccc(CC(C)C)cc2)nc2ccccc21. The zero-order valence-corrected chi connectivity index (χ0v) is 18.8. The number of hydrogen-bond donors (Lipinski definition) is 0. The summed E-state index contributed by atoms with van der Waals surface area (Å²) >= 11 is 0. The normalized spacial score (nSPS) is 12.7. The standard InChI is InChI=1S/C27H38N2/c1-5-6-7-8-9-12-19-29-26-14-11-10-13-25(26)28-27(29)22(4)24-17-15-23(16-18-24)20-21(2)3/h10-11,13-18,21-22H,5-9,12,19-20H2,1-4H3.